The monoisotopic (exact) mass is 1320 g/mol. The van der Waals surface area contributed by atoms with Crippen molar-refractivity contribution in [2.75, 3.05) is 39.6 Å². The van der Waals surface area contributed by atoms with Crippen LogP contribution in [0.1, 0.15) is 357 Å². The van der Waals surface area contributed by atoms with Gasteiger partial charge in [0.2, 0.25) is 0 Å². The minimum atomic E-state index is -4.95. The molecule has 0 saturated carbocycles. The molecule has 0 radical (unpaired) electrons. The first-order valence-corrected chi connectivity index (χ1v) is 39.9. The molecule has 0 aliphatic carbocycles. The Balaban J connectivity index is 5.24. The predicted molar refractivity (Wildman–Crippen MR) is 363 cm³/mol. The Bertz CT molecular complexity index is 1770. The van der Waals surface area contributed by atoms with Crippen molar-refractivity contribution in [1.29, 1.82) is 0 Å². The average molecular weight is 1330 g/mol. The Hall–Kier alpha value is -1.94. The van der Waals surface area contributed by atoms with Gasteiger partial charge in [-0.2, -0.15) is 0 Å². The highest BCUT2D eigenvalue weighted by Gasteiger charge is 2.30. The first-order valence-electron chi connectivity index (χ1n) is 36.9. The summed E-state index contributed by atoms with van der Waals surface area (Å²) in [5.41, 5.74) is 0. The number of rotatable bonds is 69. The molecule has 19 heteroatoms. The number of unbranched alkanes of at least 4 members (excludes halogenated alkanes) is 36. The SMILES string of the molecule is CCCCCCCCCCC(=O)OC[C@H](COP(=O)(O)OC[C@H](O)COP(=O)(O)OC[C@@H](COC(=O)CCCCCCCCCCCCC(C)CC)OC(=O)CCCCCCCCCCCCCCC(C)C)OC(=O)CCCCCCCCCCCCC(C)C. The molecule has 0 aromatic carbocycles. The molecule has 0 aromatic rings. The van der Waals surface area contributed by atoms with E-state index in [2.05, 4.69) is 48.5 Å². The summed E-state index contributed by atoms with van der Waals surface area (Å²) in [5, 5.41) is 10.6. The summed E-state index contributed by atoms with van der Waals surface area (Å²) in [6.45, 7) is 11.9. The minimum Gasteiger partial charge on any atom is -0.462 e. The number of carbonyl (C=O) groups excluding carboxylic acids is 4. The van der Waals surface area contributed by atoms with Gasteiger partial charge in [-0.1, -0.05) is 305 Å². The number of aliphatic hydroxyl groups excluding tert-OH is 1. The lowest BCUT2D eigenvalue weighted by atomic mass is 9.99. The van der Waals surface area contributed by atoms with Gasteiger partial charge in [-0.15, -0.1) is 0 Å². The zero-order chi connectivity index (χ0) is 66.6. The third-order valence-corrected chi connectivity index (χ3v) is 18.6. The van der Waals surface area contributed by atoms with Crippen LogP contribution >= 0.6 is 15.6 Å². The van der Waals surface area contributed by atoms with Crippen LogP contribution in [-0.2, 0) is 65.4 Å². The van der Waals surface area contributed by atoms with E-state index in [-0.39, 0.29) is 25.7 Å². The second-order valence-corrected chi connectivity index (χ2v) is 29.7. The van der Waals surface area contributed by atoms with E-state index < -0.39 is 97.5 Å². The van der Waals surface area contributed by atoms with E-state index in [1.165, 1.54) is 161 Å². The van der Waals surface area contributed by atoms with Crippen LogP contribution in [0.15, 0.2) is 0 Å². The highest BCUT2D eigenvalue weighted by molar-refractivity contribution is 7.47. The molecule has 17 nitrogen and oxygen atoms in total. The summed E-state index contributed by atoms with van der Waals surface area (Å²) in [4.78, 5) is 72.5. The predicted octanol–water partition coefficient (Wildman–Crippen LogP) is 20.2. The van der Waals surface area contributed by atoms with Gasteiger partial charge in [0.25, 0.3) is 0 Å². The van der Waals surface area contributed by atoms with Gasteiger partial charge in [-0.05, 0) is 43.4 Å². The number of ether oxygens (including phenoxy) is 4. The van der Waals surface area contributed by atoms with E-state index in [1.807, 2.05) is 0 Å². The van der Waals surface area contributed by atoms with Crippen LogP contribution in [-0.4, -0.2) is 96.7 Å². The third-order valence-electron chi connectivity index (χ3n) is 16.7. The fourth-order valence-corrected chi connectivity index (χ4v) is 12.3. The van der Waals surface area contributed by atoms with Crippen molar-refractivity contribution in [2.45, 2.75) is 375 Å². The van der Waals surface area contributed by atoms with Crippen LogP contribution < -0.4 is 0 Å². The molecule has 0 aliphatic rings. The van der Waals surface area contributed by atoms with Crippen LogP contribution in [0, 0.1) is 17.8 Å². The van der Waals surface area contributed by atoms with Gasteiger partial charge >= 0.3 is 39.5 Å². The molecule has 0 heterocycles. The number of esters is 4. The molecular formula is C71H138O17P2. The fourth-order valence-electron chi connectivity index (χ4n) is 10.7. The van der Waals surface area contributed by atoms with Crippen molar-refractivity contribution in [3.63, 3.8) is 0 Å². The molecule has 0 bridgehead atoms. The van der Waals surface area contributed by atoms with Gasteiger partial charge in [0.05, 0.1) is 26.4 Å². The van der Waals surface area contributed by atoms with Crippen molar-refractivity contribution in [3.8, 4) is 0 Å². The van der Waals surface area contributed by atoms with Crippen LogP contribution in [0.2, 0.25) is 0 Å². The second kappa shape index (κ2) is 61.9. The third kappa shape index (κ3) is 63.5. The molecule has 0 aromatic heterocycles. The zero-order valence-corrected chi connectivity index (χ0v) is 60.4. The molecule has 0 saturated heterocycles. The molecule has 0 amide bonds. The van der Waals surface area contributed by atoms with Gasteiger partial charge in [-0.25, -0.2) is 9.13 Å². The first kappa shape index (κ1) is 88.1. The van der Waals surface area contributed by atoms with Gasteiger partial charge in [0, 0.05) is 25.7 Å². The van der Waals surface area contributed by atoms with Gasteiger partial charge in [0.1, 0.15) is 19.3 Å². The van der Waals surface area contributed by atoms with Crippen LogP contribution in [0.4, 0.5) is 0 Å². The Labute approximate surface area is 549 Å². The summed E-state index contributed by atoms with van der Waals surface area (Å²) in [6, 6.07) is 0. The Kier molecular flexibility index (Phi) is 60.6. The maximum atomic E-state index is 13.0. The molecule has 3 N–H and O–H groups in total. The van der Waals surface area contributed by atoms with E-state index in [1.54, 1.807) is 0 Å². The van der Waals surface area contributed by atoms with E-state index in [9.17, 15) is 43.2 Å². The molecule has 3 unspecified atom stereocenters. The normalized spacial score (nSPS) is 14.5. The summed E-state index contributed by atoms with van der Waals surface area (Å²) in [7, 11) is -9.90. The Morgan fingerprint density at radius 2 is 0.567 bits per heavy atom. The first-order chi connectivity index (χ1) is 43.3. The van der Waals surface area contributed by atoms with Gasteiger partial charge in [0.15, 0.2) is 12.2 Å². The number of hydrogen-bond acceptors (Lipinski definition) is 15. The molecular weight excluding hydrogens is 1190 g/mol. The molecule has 0 aliphatic heterocycles. The van der Waals surface area contributed by atoms with E-state index >= 15 is 0 Å². The Morgan fingerprint density at radius 3 is 0.844 bits per heavy atom. The number of aliphatic hydroxyl groups is 1. The summed E-state index contributed by atoms with van der Waals surface area (Å²) in [5.74, 6) is 0.212. The smallest absolute Gasteiger partial charge is 0.462 e. The quantitative estimate of drug-likeness (QED) is 0.0222. The van der Waals surface area contributed by atoms with Crippen molar-refractivity contribution in [3.05, 3.63) is 0 Å². The number of phosphoric acid groups is 2. The Morgan fingerprint density at radius 1 is 0.322 bits per heavy atom. The zero-order valence-electron chi connectivity index (χ0n) is 58.6. The van der Waals surface area contributed by atoms with Crippen LogP contribution in [0.3, 0.4) is 0 Å². The lowest BCUT2D eigenvalue weighted by Gasteiger charge is -2.21. The topological polar surface area (TPSA) is 237 Å². The van der Waals surface area contributed by atoms with Crippen molar-refractivity contribution in [1.82, 2.24) is 0 Å². The summed E-state index contributed by atoms with van der Waals surface area (Å²) >= 11 is 0. The van der Waals surface area contributed by atoms with Gasteiger partial charge < -0.3 is 33.8 Å². The molecule has 0 spiro atoms. The number of carbonyl (C=O) groups is 4. The maximum Gasteiger partial charge on any atom is 0.472 e. The largest absolute Gasteiger partial charge is 0.472 e. The summed E-state index contributed by atoms with van der Waals surface area (Å²) in [6.07, 6.45) is 45.7. The number of hydrogen-bond donors (Lipinski definition) is 3. The van der Waals surface area contributed by atoms with E-state index in [0.717, 1.165) is 114 Å². The second-order valence-electron chi connectivity index (χ2n) is 26.8. The highest BCUT2D eigenvalue weighted by Crippen LogP contribution is 2.45. The molecule has 90 heavy (non-hydrogen) atoms. The van der Waals surface area contributed by atoms with Crippen LogP contribution in [0.5, 0.6) is 0 Å². The molecule has 0 rings (SSSR count). The van der Waals surface area contributed by atoms with Crippen molar-refractivity contribution in [2.24, 2.45) is 17.8 Å². The fraction of sp³-hybridized carbons (Fsp3) is 0.944. The molecule has 0 fully saturated rings. The highest BCUT2D eigenvalue weighted by atomic mass is 31.2. The minimum absolute atomic E-state index is 0.105. The van der Waals surface area contributed by atoms with Crippen molar-refractivity contribution >= 4 is 39.5 Å². The molecule has 534 valence electrons. The van der Waals surface area contributed by atoms with Crippen LogP contribution in [0.25, 0.3) is 0 Å². The molecule has 6 atom stereocenters. The number of phosphoric ester groups is 2. The van der Waals surface area contributed by atoms with E-state index in [0.29, 0.717) is 25.7 Å². The maximum absolute atomic E-state index is 13.0. The van der Waals surface area contributed by atoms with Gasteiger partial charge in [-0.3, -0.25) is 37.3 Å². The van der Waals surface area contributed by atoms with Crippen molar-refractivity contribution < 1.29 is 80.2 Å². The standard InChI is InChI=1S/C71H138O17P2/c1-8-10-11-12-13-31-38-45-52-68(73)81-58-66(87-71(76)55-48-41-34-27-20-18-23-29-36-43-50-63(5)6)60-85-89(77,78)83-56-65(72)57-84-90(79,80)86-61-67(59-82-69(74)53-46-39-32-25-21-19-24-30-37-44-51-64(7)9-2)88-70(75)54-47-40-33-26-17-15-14-16-22-28-35-42-49-62(3)4/h62-67,72H,8-61H2,1-7H3,(H,77,78)(H,79,80)/t64?,65-,66+,67+/m0/s1. The summed E-state index contributed by atoms with van der Waals surface area (Å²) < 4.78 is 68.3. The lowest BCUT2D eigenvalue weighted by molar-refractivity contribution is -0.161. The van der Waals surface area contributed by atoms with E-state index in [4.69, 9.17) is 37.0 Å². The average Bonchev–Trinajstić information content (AvgIpc) is 3.02. The lowest BCUT2D eigenvalue weighted by Crippen LogP contribution is -2.30.